The fraction of sp³-hybridized carbons (Fsp3) is 0.467. The van der Waals surface area contributed by atoms with E-state index in [4.69, 9.17) is 5.73 Å². The van der Waals surface area contributed by atoms with Gasteiger partial charge >= 0.3 is 0 Å². The number of carbonyl (C=O) groups excluding carboxylic acids is 2. The molecule has 0 aliphatic rings. The molecule has 0 atom stereocenters. The van der Waals surface area contributed by atoms with Crippen molar-refractivity contribution >= 4 is 17.5 Å². The SMILES string of the molecule is CC(C)Nc1ccccc1C(=O)NC(C)(C)CC(N)=O. The maximum atomic E-state index is 12.3. The molecule has 0 heterocycles. The lowest BCUT2D eigenvalue weighted by molar-refractivity contribution is -0.119. The third kappa shape index (κ3) is 4.91. The minimum absolute atomic E-state index is 0.0958. The predicted molar refractivity (Wildman–Crippen MR) is 80.6 cm³/mol. The van der Waals surface area contributed by atoms with Gasteiger partial charge in [0.25, 0.3) is 5.91 Å². The van der Waals surface area contributed by atoms with Crippen molar-refractivity contribution in [3.63, 3.8) is 0 Å². The zero-order chi connectivity index (χ0) is 15.3. The second-order valence-electron chi connectivity index (χ2n) is 5.83. The highest BCUT2D eigenvalue weighted by Crippen LogP contribution is 2.18. The largest absolute Gasteiger partial charge is 0.382 e. The van der Waals surface area contributed by atoms with Gasteiger partial charge in [-0.3, -0.25) is 9.59 Å². The van der Waals surface area contributed by atoms with Crippen molar-refractivity contribution in [1.82, 2.24) is 5.32 Å². The first kappa shape index (κ1) is 16.0. The molecule has 0 aliphatic carbocycles. The van der Waals surface area contributed by atoms with E-state index < -0.39 is 11.4 Å². The number of rotatable bonds is 6. The smallest absolute Gasteiger partial charge is 0.253 e. The highest BCUT2D eigenvalue weighted by molar-refractivity contribution is 6.00. The fourth-order valence-electron chi connectivity index (χ4n) is 1.97. The molecule has 0 radical (unpaired) electrons. The van der Waals surface area contributed by atoms with Gasteiger partial charge in [0.1, 0.15) is 0 Å². The summed E-state index contributed by atoms with van der Waals surface area (Å²) in [4.78, 5) is 23.3. The molecule has 0 aromatic heterocycles. The summed E-state index contributed by atoms with van der Waals surface area (Å²) in [5.74, 6) is -0.663. The van der Waals surface area contributed by atoms with Crippen LogP contribution >= 0.6 is 0 Å². The van der Waals surface area contributed by atoms with Crippen LogP contribution in [0.1, 0.15) is 44.5 Å². The van der Waals surface area contributed by atoms with Crippen LogP contribution < -0.4 is 16.4 Å². The molecule has 0 spiro atoms. The number of primary amides is 1. The van der Waals surface area contributed by atoms with Crippen LogP contribution in [-0.2, 0) is 4.79 Å². The molecule has 5 heteroatoms. The highest BCUT2D eigenvalue weighted by atomic mass is 16.2. The van der Waals surface area contributed by atoms with Crippen LogP contribution in [0, 0.1) is 0 Å². The van der Waals surface area contributed by atoms with Crippen molar-refractivity contribution in [2.75, 3.05) is 5.32 Å². The molecule has 4 N–H and O–H groups in total. The van der Waals surface area contributed by atoms with Gasteiger partial charge in [-0.15, -0.1) is 0 Å². The van der Waals surface area contributed by atoms with Gasteiger partial charge in [0, 0.05) is 23.7 Å². The Labute approximate surface area is 119 Å². The summed E-state index contributed by atoms with van der Waals surface area (Å²) < 4.78 is 0. The molecule has 0 aliphatic heterocycles. The Balaban J connectivity index is 2.90. The molecule has 2 amide bonds. The molecular weight excluding hydrogens is 254 g/mol. The standard InChI is InChI=1S/C15H23N3O2/c1-10(2)17-12-8-6-5-7-11(12)14(20)18-15(3,4)9-13(16)19/h5-8,10,17H,9H2,1-4H3,(H2,16,19)(H,18,20). The summed E-state index contributed by atoms with van der Waals surface area (Å²) in [6.45, 7) is 7.56. The topological polar surface area (TPSA) is 84.2 Å². The third-order valence-electron chi connectivity index (χ3n) is 2.68. The Kier molecular flexibility index (Phi) is 5.13. The average molecular weight is 277 g/mol. The second kappa shape index (κ2) is 6.41. The van der Waals surface area contributed by atoms with Crippen LogP contribution in [-0.4, -0.2) is 23.4 Å². The van der Waals surface area contributed by atoms with Crippen LogP contribution in [0.2, 0.25) is 0 Å². The number of nitrogens with two attached hydrogens (primary N) is 1. The molecule has 20 heavy (non-hydrogen) atoms. The van der Waals surface area contributed by atoms with Crippen molar-refractivity contribution in [2.45, 2.75) is 45.7 Å². The molecule has 0 saturated carbocycles. The maximum Gasteiger partial charge on any atom is 0.253 e. The van der Waals surface area contributed by atoms with Crippen molar-refractivity contribution in [3.05, 3.63) is 29.8 Å². The van der Waals surface area contributed by atoms with E-state index in [1.807, 2.05) is 32.0 Å². The van der Waals surface area contributed by atoms with Crippen molar-refractivity contribution in [1.29, 1.82) is 0 Å². The van der Waals surface area contributed by atoms with Crippen molar-refractivity contribution < 1.29 is 9.59 Å². The zero-order valence-electron chi connectivity index (χ0n) is 12.5. The van der Waals surface area contributed by atoms with Gasteiger partial charge in [-0.1, -0.05) is 12.1 Å². The second-order valence-corrected chi connectivity index (χ2v) is 5.83. The molecule has 1 rings (SSSR count). The molecule has 1 aromatic carbocycles. The minimum atomic E-state index is -0.673. The lowest BCUT2D eigenvalue weighted by Gasteiger charge is -2.25. The van der Waals surface area contributed by atoms with E-state index in [9.17, 15) is 9.59 Å². The summed E-state index contributed by atoms with van der Waals surface area (Å²) in [6, 6.07) is 7.51. The van der Waals surface area contributed by atoms with E-state index in [0.717, 1.165) is 5.69 Å². The van der Waals surface area contributed by atoms with Gasteiger partial charge in [-0.2, -0.15) is 0 Å². The van der Waals surface area contributed by atoms with Gasteiger partial charge < -0.3 is 16.4 Å². The monoisotopic (exact) mass is 277 g/mol. The number of hydrogen-bond donors (Lipinski definition) is 3. The van der Waals surface area contributed by atoms with E-state index in [1.54, 1.807) is 19.9 Å². The first-order valence-corrected chi connectivity index (χ1v) is 6.67. The molecule has 0 unspecified atom stereocenters. The minimum Gasteiger partial charge on any atom is -0.382 e. The molecule has 1 aromatic rings. The van der Waals surface area contributed by atoms with Crippen molar-refractivity contribution in [3.8, 4) is 0 Å². The first-order chi connectivity index (χ1) is 9.21. The number of benzene rings is 1. The first-order valence-electron chi connectivity index (χ1n) is 6.67. The Hall–Kier alpha value is -2.04. The average Bonchev–Trinajstić information content (AvgIpc) is 2.25. The van der Waals surface area contributed by atoms with Crippen LogP contribution in [0.3, 0.4) is 0 Å². The van der Waals surface area contributed by atoms with E-state index >= 15 is 0 Å². The van der Waals surface area contributed by atoms with Crippen molar-refractivity contribution in [2.24, 2.45) is 5.73 Å². The Bertz CT molecular complexity index is 496. The molecule has 0 fully saturated rings. The summed E-state index contributed by atoms with van der Waals surface area (Å²) in [7, 11) is 0. The maximum absolute atomic E-state index is 12.3. The normalized spacial score (nSPS) is 11.2. The number of nitrogens with one attached hydrogen (secondary N) is 2. The zero-order valence-corrected chi connectivity index (χ0v) is 12.5. The Morgan fingerprint density at radius 1 is 1.25 bits per heavy atom. The summed E-state index contributed by atoms with van der Waals surface area (Å²) in [5, 5.41) is 6.07. The summed E-state index contributed by atoms with van der Waals surface area (Å²) in [5.41, 5.74) is 5.84. The van der Waals surface area contributed by atoms with Crippen LogP contribution in [0.5, 0.6) is 0 Å². The number of amides is 2. The van der Waals surface area contributed by atoms with E-state index in [1.165, 1.54) is 0 Å². The van der Waals surface area contributed by atoms with Crippen LogP contribution in [0.4, 0.5) is 5.69 Å². The Morgan fingerprint density at radius 2 is 1.85 bits per heavy atom. The van der Waals surface area contributed by atoms with Gasteiger partial charge in [0.2, 0.25) is 5.91 Å². The molecule has 0 bridgehead atoms. The van der Waals surface area contributed by atoms with E-state index in [0.29, 0.717) is 5.56 Å². The third-order valence-corrected chi connectivity index (χ3v) is 2.68. The Morgan fingerprint density at radius 3 is 2.40 bits per heavy atom. The van der Waals surface area contributed by atoms with E-state index in [-0.39, 0.29) is 18.4 Å². The summed E-state index contributed by atoms with van der Waals surface area (Å²) in [6.07, 6.45) is 0.0958. The van der Waals surface area contributed by atoms with Gasteiger partial charge in [0.15, 0.2) is 0 Å². The lowest BCUT2D eigenvalue weighted by atomic mass is 9.99. The number of carbonyl (C=O) groups is 2. The predicted octanol–water partition coefficient (Wildman–Crippen LogP) is 1.89. The van der Waals surface area contributed by atoms with E-state index in [2.05, 4.69) is 10.6 Å². The molecule has 110 valence electrons. The number of para-hydroxylation sites is 1. The lowest BCUT2D eigenvalue weighted by Crippen LogP contribution is -2.46. The summed E-state index contributed by atoms with van der Waals surface area (Å²) >= 11 is 0. The molecule has 5 nitrogen and oxygen atoms in total. The highest BCUT2D eigenvalue weighted by Gasteiger charge is 2.24. The molecule has 0 saturated heterocycles. The van der Waals surface area contributed by atoms with Gasteiger partial charge in [0.05, 0.1) is 5.56 Å². The van der Waals surface area contributed by atoms with Crippen LogP contribution in [0.15, 0.2) is 24.3 Å². The van der Waals surface area contributed by atoms with Gasteiger partial charge in [-0.05, 0) is 39.8 Å². The molecular formula is C15H23N3O2. The van der Waals surface area contributed by atoms with Crippen LogP contribution in [0.25, 0.3) is 0 Å². The number of anilines is 1. The van der Waals surface area contributed by atoms with Gasteiger partial charge in [-0.25, -0.2) is 0 Å². The fourth-order valence-corrected chi connectivity index (χ4v) is 1.97. The number of hydrogen-bond acceptors (Lipinski definition) is 3. The quantitative estimate of drug-likeness (QED) is 0.742.